The van der Waals surface area contributed by atoms with Crippen molar-refractivity contribution in [2.45, 2.75) is 12.6 Å². The Hall–Kier alpha value is -0.780. The molecule has 1 nitrogen and oxygen atoms in total. The predicted molar refractivity (Wildman–Crippen MR) is 60.4 cm³/mol. The monoisotopic (exact) mass is 193 g/mol. The van der Waals surface area contributed by atoms with E-state index < -0.39 is 0 Å². The molecule has 1 heterocycles. The first-order chi connectivity index (χ1) is 6.43. The maximum atomic E-state index is 5.48. The summed E-state index contributed by atoms with van der Waals surface area (Å²) in [6.45, 7) is 0.798. The second-order valence-corrected chi connectivity index (χ2v) is 4.90. The van der Waals surface area contributed by atoms with Crippen molar-refractivity contribution in [3.63, 3.8) is 0 Å². The van der Waals surface area contributed by atoms with E-state index in [1.54, 1.807) is 0 Å². The van der Waals surface area contributed by atoms with E-state index in [4.69, 9.17) is 5.73 Å². The zero-order valence-electron chi connectivity index (χ0n) is 7.76. The fourth-order valence-electron chi connectivity index (χ4n) is 1.05. The molecule has 0 aliphatic heterocycles. The molecule has 2 heteroatoms. The maximum absolute atomic E-state index is 5.48. The van der Waals surface area contributed by atoms with Crippen molar-refractivity contribution in [1.82, 2.24) is 0 Å². The zero-order chi connectivity index (χ0) is 9.36. The smallest absolute Gasteiger partial charge is 0.00711 e. The van der Waals surface area contributed by atoms with Crippen LogP contribution in [0.1, 0.15) is 6.42 Å². The summed E-state index contributed by atoms with van der Waals surface area (Å²) in [5, 5.41) is 0. The van der Waals surface area contributed by atoms with Crippen molar-refractivity contribution < 1.29 is 0 Å². The van der Waals surface area contributed by atoms with Crippen LogP contribution in [0, 0.1) is 0 Å². The second-order valence-electron chi connectivity index (χ2n) is 2.83. The van der Waals surface area contributed by atoms with E-state index >= 15 is 0 Å². The van der Waals surface area contributed by atoms with Gasteiger partial charge < -0.3 is 5.73 Å². The van der Waals surface area contributed by atoms with Crippen LogP contribution in [0.2, 0.25) is 0 Å². The third kappa shape index (κ3) is 4.72. The van der Waals surface area contributed by atoms with Crippen LogP contribution < -0.4 is 5.73 Å². The van der Waals surface area contributed by atoms with Gasteiger partial charge in [-0.15, -0.1) is 7.53 Å². The summed E-state index contributed by atoms with van der Waals surface area (Å²) in [6.07, 6.45) is 2.33. The molecule has 0 saturated heterocycles. The van der Waals surface area contributed by atoms with Gasteiger partial charge in [0.1, 0.15) is 0 Å². The van der Waals surface area contributed by atoms with Crippen molar-refractivity contribution in [3.05, 3.63) is 48.0 Å². The SMILES string of the molecule is NCCCp1cccccccc1. The van der Waals surface area contributed by atoms with Gasteiger partial charge in [-0.3, -0.25) is 0 Å². The van der Waals surface area contributed by atoms with Gasteiger partial charge in [0.25, 0.3) is 0 Å². The van der Waals surface area contributed by atoms with Crippen molar-refractivity contribution in [2.24, 2.45) is 5.73 Å². The van der Waals surface area contributed by atoms with Crippen molar-refractivity contribution in [1.29, 1.82) is 0 Å². The molecule has 0 fully saturated rings. The van der Waals surface area contributed by atoms with Gasteiger partial charge in [-0.25, -0.2) is 0 Å². The average Bonchev–Trinajstić information content (AvgIpc) is 2.28. The lowest BCUT2D eigenvalue weighted by Gasteiger charge is -1.95. The third-order valence-corrected chi connectivity index (χ3v) is 3.67. The quantitative estimate of drug-likeness (QED) is 0.784. The van der Waals surface area contributed by atoms with E-state index in [1.165, 1.54) is 6.16 Å². The summed E-state index contributed by atoms with van der Waals surface area (Å²) in [7, 11) is -0.0819. The molecule has 1 aromatic heterocycles. The highest BCUT2D eigenvalue weighted by atomic mass is 31.1. The third-order valence-electron chi connectivity index (χ3n) is 1.73. The molecule has 0 aliphatic carbocycles. The first-order valence-corrected chi connectivity index (χ1v) is 6.24. The van der Waals surface area contributed by atoms with Crippen LogP contribution in [-0.2, 0) is 6.16 Å². The van der Waals surface area contributed by atoms with Crippen LogP contribution in [-0.4, -0.2) is 6.54 Å². The molecular weight excluding hydrogens is 177 g/mol. The van der Waals surface area contributed by atoms with Gasteiger partial charge in [-0.1, -0.05) is 36.4 Å². The Morgan fingerprint density at radius 3 is 1.92 bits per heavy atom. The number of hydrogen-bond acceptors (Lipinski definition) is 1. The van der Waals surface area contributed by atoms with Gasteiger partial charge in [0.05, 0.1) is 0 Å². The molecule has 0 bridgehead atoms. The van der Waals surface area contributed by atoms with E-state index in [0.717, 1.165) is 13.0 Å². The summed E-state index contributed by atoms with van der Waals surface area (Å²) in [5.74, 6) is 4.57. The van der Waals surface area contributed by atoms with Crippen LogP contribution in [0.25, 0.3) is 0 Å². The Morgan fingerprint density at radius 2 is 1.38 bits per heavy atom. The van der Waals surface area contributed by atoms with E-state index in [1.807, 2.05) is 12.1 Å². The van der Waals surface area contributed by atoms with Gasteiger partial charge in [-0.2, -0.15) is 0 Å². The maximum Gasteiger partial charge on any atom is -0.00711 e. The molecule has 0 amide bonds. The Kier molecular flexibility index (Phi) is 5.31. The molecule has 0 radical (unpaired) electrons. The molecule has 0 saturated carbocycles. The molecular formula is C11H16NP. The van der Waals surface area contributed by atoms with Crippen LogP contribution in [0.15, 0.2) is 48.0 Å². The Labute approximate surface area is 81.0 Å². The molecule has 0 aromatic carbocycles. The van der Waals surface area contributed by atoms with Crippen LogP contribution in [0.5, 0.6) is 0 Å². The molecule has 70 valence electrons. The van der Waals surface area contributed by atoms with Crippen molar-refractivity contribution in [2.75, 3.05) is 6.54 Å². The molecule has 0 aliphatic rings. The van der Waals surface area contributed by atoms with Crippen LogP contribution >= 0.6 is 7.53 Å². The van der Waals surface area contributed by atoms with E-state index in [-0.39, 0.29) is 7.53 Å². The summed E-state index contributed by atoms with van der Waals surface area (Å²) in [6, 6.07) is 12.5. The lowest BCUT2D eigenvalue weighted by Crippen LogP contribution is -1.97. The molecule has 0 atom stereocenters. The zero-order valence-corrected chi connectivity index (χ0v) is 8.66. The molecule has 1 aromatic rings. The van der Waals surface area contributed by atoms with Crippen molar-refractivity contribution in [3.8, 4) is 0 Å². The minimum atomic E-state index is -0.0819. The summed E-state index contributed by atoms with van der Waals surface area (Å²) < 4.78 is 0. The highest BCUT2D eigenvalue weighted by Crippen LogP contribution is 2.25. The molecule has 13 heavy (non-hydrogen) atoms. The lowest BCUT2D eigenvalue weighted by atomic mass is 10.5. The van der Waals surface area contributed by atoms with Gasteiger partial charge in [0, 0.05) is 0 Å². The van der Waals surface area contributed by atoms with Gasteiger partial charge in [0.2, 0.25) is 0 Å². The van der Waals surface area contributed by atoms with Crippen LogP contribution in [0.3, 0.4) is 0 Å². The number of nitrogens with two attached hydrogens (primary N) is 1. The second kappa shape index (κ2) is 6.71. The van der Waals surface area contributed by atoms with E-state index in [0.29, 0.717) is 0 Å². The standard InChI is InChI=1S/C11H16NP/c12-8-7-11-13-9-5-3-1-2-4-6-10-13/h1-6,9-10H,7-8,11-12H2. The normalized spacial score (nSPS) is 9.31. The predicted octanol–water partition coefficient (Wildman–Crippen LogP) is 3.15. The molecule has 0 spiro atoms. The largest absolute Gasteiger partial charge is 0.330 e. The first-order valence-electron chi connectivity index (χ1n) is 4.57. The highest BCUT2D eigenvalue weighted by Gasteiger charge is 1.85. The Morgan fingerprint density at radius 1 is 0.846 bits per heavy atom. The Bertz CT molecular complexity index is 255. The number of rotatable bonds is 3. The molecule has 2 N–H and O–H groups in total. The van der Waals surface area contributed by atoms with E-state index in [2.05, 4.69) is 35.9 Å². The average molecular weight is 193 g/mol. The fraction of sp³-hybridized carbons (Fsp3) is 0.273. The van der Waals surface area contributed by atoms with E-state index in [9.17, 15) is 0 Å². The summed E-state index contributed by atoms with van der Waals surface area (Å²) in [5.41, 5.74) is 5.48. The summed E-state index contributed by atoms with van der Waals surface area (Å²) >= 11 is 0. The minimum Gasteiger partial charge on any atom is -0.330 e. The molecule has 1 rings (SSSR count). The van der Waals surface area contributed by atoms with Gasteiger partial charge in [0.15, 0.2) is 0 Å². The topological polar surface area (TPSA) is 26.0 Å². The van der Waals surface area contributed by atoms with Gasteiger partial charge in [-0.05, 0) is 30.7 Å². The minimum absolute atomic E-state index is 0.0819. The number of aryl methyl sites for hydroxylation is 1. The van der Waals surface area contributed by atoms with Crippen molar-refractivity contribution >= 4 is 7.53 Å². The molecule has 0 unspecified atom stereocenters. The Balaban J connectivity index is 2.78. The summed E-state index contributed by atoms with van der Waals surface area (Å²) in [4.78, 5) is 0. The van der Waals surface area contributed by atoms with Crippen LogP contribution in [0.4, 0.5) is 0 Å². The first kappa shape index (κ1) is 10.3. The lowest BCUT2D eigenvalue weighted by molar-refractivity contribution is 0.899. The highest BCUT2D eigenvalue weighted by molar-refractivity contribution is 7.47. The number of hydrogen-bond donors (Lipinski definition) is 1. The van der Waals surface area contributed by atoms with Gasteiger partial charge >= 0.3 is 0 Å². The fourth-order valence-corrected chi connectivity index (χ4v) is 2.64.